The molecule has 1 atom stereocenters. The molecule has 0 aliphatic heterocycles. The molecule has 0 saturated carbocycles. The number of rotatable bonds is 6. The van der Waals surface area contributed by atoms with E-state index in [2.05, 4.69) is 35.6 Å². The Hall–Kier alpha value is -2.46. The fourth-order valence-corrected chi connectivity index (χ4v) is 3.38. The Morgan fingerprint density at radius 2 is 1.76 bits per heavy atom. The Morgan fingerprint density at radius 1 is 1.04 bits per heavy atom. The van der Waals surface area contributed by atoms with Crippen molar-refractivity contribution in [2.75, 3.05) is 12.4 Å². The highest BCUT2D eigenvalue weighted by Crippen LogP contribution is 2.23. The van der Waals surface area contributed by atoms with Gasteiger partial charge in [-0.2, -0.15) is 0 Å². The molecule has 3 aromatic rings. The lowest BCUT2D eigenvalue weighted by Crippen LogP contribution is -2.22. The van der Waals surface area contributed by atoms with Crippen LogP contribution in [0.15, 0.2) is 66.7 Å². The van der Waals surface area contributed by atoms with Gasteiger partial charge in [0.25, 0.3) is 0 Å². The largest absolute Gasteiger partial charge is 0.497 e. The second kappa shape index (κ2) is 8.08. The molecule has 1 amide bonds. The lowest BCUT2D eigenvalue weighted by atomic mass is 10.1. The molecule has 0 aliphatic rings. The minimum absolute atomic E-state index is 0.0101. The molecular formula is C21H21NO2S. The first-order chi connectivity index (χ1) is 12.2. The van der Waals surface area contributed by atoms with Crippen molar-refractivity contribution < 1.29 is 9.53 Å². The van der Waals surface area contributed by atoms with Crippen LogP contribution in [0, 0.1) is 0 Å². The number of carbonyl (C=O) groups is 1. The van der Waals surface area contributed by atoms with Gasteiger partial charge in [-0.05, 0) is 47.5 Å². The lowest BCUT2D eigenvalue weighted by molar-refractivity contribution is -0.115. The molecule has 0 radical (unpaired) electrons. The zero-order valence-corrected chi connectivity index (χ0v) is 15.2. The van der Waals surface area contributed by atoms with Crippen LogP contribution in [0.1, 0.15) is 12.5 Å². The fourth-order valence-electron chi connectivity index (χ4n) is 2.54. The highest BCUT2D eigenvalue weighted by Gasteiger charge is 2.13. The third-order valence-electron chi connectivity index (χ3n) is 4.04. The van der Waals surface area contributed by atoms with Gasteiger partial charge >= 0.3 is 0 Å². The van der Waals surface area contributed by atoms with Crippen LogP contribution in [0.3, 0.4) is 0 Å². The van der Waals surface area contributed by atoms with Crippen molar-refractivity contribution >= 4 is 34.1 Å². The van der Waals surface area contributed by atoms with E-state index in [1.165, 1.54) is 16.3 Å². The smallest absolute Gasteiger partial charge is 0.237 e. The third-order valence-corrected chi connectivity index (χ3v) is 5.25. The molecule has 0 heterocycles. The van der Waals surface area contributed by atoms with E-state index in [0.717, 1.165) is 17.2 Å². The van der Waals surface area contributed by atoms with Crippen molar-refractivity contribution in [3.8, 4) is 5.75 Å². The zero-order chi connectivity index (χ0) is 17.6. The van der Waals surface area contributed by atoms with Gasteiger partial charge in [-0.3, -0.25) is 4.79 Å². The second-order valence-electron chi connectivity index (χ2n) is 5.85. The van der Waals surface area contributed by atoms with E-state index in [1.54, 1.807) is 18.9 Å². The standard InChI is InChI=1S/C21H21NO2S/c1-15(21(23)22-19-9-11-20(24-2)12-10-19)25-14-16-7-8-17-5-3-4-6-18(17)13-16/h3-13,15H,14H2,1-2H3,(H,22,23). The number of benzene rings is 3. The highest BCUT2D eigenvalue weighted by atomic mass is 32.2. The van der Waals surface area contributed by atoms with Crippen molar-refractivity contribution in [2.45, 2.75) is 17.9 Å². The van der Waals surface area contributed by atoms with E-state index in [-0.39, 0.29) is 11.2 Å². The Bertz CT molecular complexity index is 861. The van der Waals surface area contributed by atoms with E-state index < -0.39 is 0 Å². The maximum absolute atomic E-state index is 12.3. The second-order valence-corrected chi connectivity index (χ2v) is 7.18. The molecule has 3 aromatic carbocycles. The predicted molar refractivity (Wildman–Crippen MR) is 106 cm³/mol. The number of hydrogen-bond donors (Lipinski definition) is 1. The number of nitrogens with one attached hydrogen (secondary N) is 1. The summed E-state index contributed by atoms with van der Waals surface area (Å²) in [4.78, 5) is 12.3. The van der Waals surface area contributed by atoms with Crippen LogP contribution in [0.25, 0.3) is 10.8 Å². The van der Waals surface area contributed by atoms with Crippen LogP contribution < -0.4 is 10.1 Å². The molecule has 128 valence electrons. The molecule has 25 heavy (non-hydrogen) atoms. The number of ether oxygens (including phenoxy) is 1. The highest BCUT2D eigenvalue weighted by molar-refractivity contribution is 7.99. The zero-order valence-electron chi connectivity index (χ0n) is 14.4. The minimum atomic E-state index is -0.131. The summed E-state index contributed by atoms with van der Waals surface area (Å²) in [5.74, 6) is 1.59. The van der Waals surface area contributed by atoms with Crippen LogP contribution in [-0.4, -0.2) is 18.3 Å². The Morgan fingerprint density at radius 3 is 2.48 bits per heavy atom. The quantitative estimate of drug-likeness (QED) is 0.671. The van der Waals surface area contributed by atoms with Crippen molar-refractivity contribution in [2.24, 2.45) is 0 Å². The number of anilines is 1. The number of methoxy groups -OCH3 is 1. The van der Waals surface area contributed by atoms with E-state index in [0.29, 0.717) is 0 Å². The maximum atomic E-state index is 12.3. The number of carbonyl (C=O) groups excluding carboxylic acids is 1. The SMILES string of the molecule is COc1ccc(NC(=O)C(C)SCc2ccc3ccccc3c2)cc1. The first-order valence-electron chi connectivity index (χ1n) is 8.20. The van der Waals surface area contributed by atoms with Crippen molar-refractivity contribution in [3.05, 3.63) is 72.3 Å². The molecule has 0 saturated heterocycles. The summed E-state index contributed by atoms with van der Waals surface area (Å²) in [6.45, 7) is 1.94. The number of hydrogen-bond acceptors (Lipinski definition) is 3. The molecule has 1 N–H and O–H groups in total. The van der Waals surface area contributed by atoms with E-state index in [1.807, 2.05) is 43.3 Å². The molecule has 3 rings (SSSR count). The molecule has 4 heteroatoms. The summed E-state index contributed by atoms with van der Waals surface area (Å²) in [5.41, 5.74) is 2.01. The molecule has 0 bridgehead atoms. The average Bonchev–Trinajstić information content (AvgIpc) is 2.66. The van der Waals surface area contributed by atoms with Crippen LogP contribution in [0.2, 0.25) is 0 Å². The van der Waals surface area contributed by atoms with Crippen LogP contribution in [-0.2, 0) is 10.5 Å². The Balaban J connectivity index is 1.56. The van der Waals surface area contributed by atoms with Crippen LogP contribution in [0.5, 0.6) is 5.75 Å². The normalized spacial score (nSPS) is 11.9. The van der Waals surface area contributed by atoms with Gasteiger partial charge in [0.15, 0.2) is 0 Å². The van der Waals surface area contributed by atoms with Gasteiger partial charge in [0.1, 0.15) is 5.75 Å². The van der Waals surface area contributed by atoms with Gasteiger partial charge in [-0.15, -0.1) is 11.8 Å². The molecular weight excluding hydrogens is 330 g/mol. The van der Waals surface area contributed by atoms with Gasteiger partial charge in [0.2, 0.25) is 5.91 Å². The van der Waals surface area contributed by atoms with E-state index in [9.17, 15) is 4.79 Å². The molecule has 1 unspecified atom stereocenters. The fraction of sp³-hybridized carbons (Fsp3) is 0.190. The van der Waals surface area contributed by atoms with Crippen molar-refractivity contribution in [3.63, 3.8) is 0 Å². The molecule has 0 spiro atoms. The van der Waals surface area contributed by atoms with Crippen LogP contribution in [0.4, 0.5) is 5.69 Å². The average molecular weight is 351 g/mol. The van der Waals surface area contributed by atoms with E-state index >= 15 is 0 Å². The summed E-state index contributed by atoms with van der Waals surface area (Å²) >= 11 is 1.64. The van der Waals surface area contributed by atoms with Gasteiger partial charge in [-0.25, -0.2) is 0 Å². The maximum Gasteiger partial charge on any atom is 0.237 e. The first-order valence-corrected chi connectivity index (χ1v) is 9.25. The van der Waals surface area contributed by atoms with Crippen LogP contribution >= 0.6 is 11.8 Å². The molecule has 0 aromatic heterocycles. The van der Waals surface area contributed by atoms with Gasteiger partial charge in [-0.1, -0.05) is 42.5 Å². The first kappa shape index (κ1) is 17.4. The summed E-state index contributed by atoms with van der Waals surface area (Å²) in [6, 6.07) is 22.1. The third kappa shape index (κ3) is 4.54. The summed E-state index contributed by atoms with van der Waals surface area (Å²) < 4.78 is 5.12. The molecule has 0 fully saturated rings. The monoisotopic (exact) mass is 351 g/mol. The number of amides is 1. The van der Waals surface area contributed by atoms with Gasteiger partial charge in [0.05, 0.1) is 12.4 Å². The van der Waals surface area contributed by atoms with Crippen molar-refractivity contribution in [1.82, 2.24) is 0 Å². The molecule has 3 nitrogen and oxygen atoms in total. The Labute approximate surface area is 152 Å². The topological polar surface area (TPSA) is 38.3 Å². The molecule has 0 aliphatic carbocycles. The summed E-state index contributed by atoms with van der Waals surface area (Å²) in [7, 11) is 1.62. The Kier molecular flexibility index (Phi) is 5.61. The summed E-state index contributed by atoms with van der Waals surface area (Å²) in [5, 5.41) is 5.28. The number of thioether (sulfide) groups is 1. The number of fused-ring (bicyclic) bond motifs is 1. The minimum Gasteiger partial charge on any atom is -0.497 e. The van der Waals surface area contributed by atoms with Gasteiger partial charge < -0.3 is 10.1 Å². The van der Waals surface area contributed by atoms with E-state index in [4.69, 9.17) is 4.74 Å². The predicted octanol–water partition coefficient (Wildman–Crippen LogP) is 5.11. The lowest BCUT2D eigenvalue weighted by Gasteiger charge is -2.12. The van der Waals surface area contributed by atoms with Gasteiger partial charge in [0, 0.05) is 11.4 Å². The van der Waals surface area contributed by atoms with Crippen molar-refractivity contribution in [1.29, 1.82) is 0 Å². The summed E-state index contributed by atoms with van der Waals surface area (Å²) in [6.07, 6.45) is 0.